The molecule has 3 atom stereocenters. The third-order valence-corrected chi connectivity index (χ3v) is 4.98. The number of hydrogen-bond donors (Lipinski definition) is 1. The van der Waals surface area contributed by atoms with Crippen LogP contribution in [0, 0.1) is 11.8 Å². The zero-order valence-electron chi connectivity index (χ0n) is 15.1. The van der Waals surface area contributed by atoms with Crippen molar-refractivity contribution in [1.29, 1.82) is 0 Å². The second kappa shape index (κ2) is 9.26. The average Bonchev–Trinajstić information content (AvgIpc) is 2.90. The van der Waals surface area contributed by atoms with Gasteiger partial charge in [0, 0.05) is 13.1 Å². The predicted octanol–water partition coefficient (Wildman–Crippen LogP) is 3.32. The zero-order valence-corrected chi connectivity index (χ0v) is 15.1. The Morgan fingerprint density at radius 2 is 1.78 bits per heavy atom. The Morgan fingerprint density at radius 3 is 2.22 bits per heavy atom. The monoisotopic (exact) mass is 327 g/mol. The van der Waals surface area contributed by atoms with Gasteiger partial charge in [-0.1, -0.05) is 20.3 Å². The number of hydrogen-bond acceptors (Lipinski definition) is 3. The van der Waals surface area contributed by atoms with Gasteiger partial charge in [-0.15, -0.1) is 0 Å². The molecule has 0 aromatic rings. The van der Waals surface area contributed by atoms with Crippen molar-refractivity contribution in [2.75, 3.05) is 13.1 Å². The van der Waals surface area contributed by atoms with Crippen molar-refractivity contribution in [2.45, 2.75) is 77.9 Å². The van der Waals surface area contributed by atoms with E-state index in [1.807, 2.05) is 20.8 Å². The number of carboxylic acid groups (broad SMARTS) is 1. The molecule has 5 heteroatoms. The fraction of sp³-hybridized carbons (Fsp3) is 0.889. The average molecular weight is 327 g/mol. The molecule has 0 radical (unpaired) electrons. The number of amides is 1. The van der Waals surface area contributed by atoms with Crippen LogP contribution in [0.1, 0.15) is 66.2 Å². The lowest BCUT2D eigenvalue weighted by atomic mass is 10.0. The molecule has 1 amide bonds. The van der Waals surface area contributed by atoms with Crippen LogP contribution in [0.3, 0.4) is 0 Å². The first-order valence-corrected chi connectivity index (χ1v) is 9.01. The van der Waals surface area contributed by atoms with Crippen LogP contribution in [0.2, 0.25) is 0 Å². The predicted molar refractivity (Wildman–Crippen MR) is 90.3 cm³/mol. The van der Waals surface area contributed by atoms with Gasteiger partial charge in [0.2, 0.25) is 5.91 Å². The largest absolute Gasteiger partial charge is 0.483 e. The topological polar surface area (TPSA) is 66.8 Å². The Morgan fingerprint density at radius 1 is 1.30 bits per heavy atom. The summed E-state index contributed by atoms with van der Waals surface area (Å²) in [5.41, 5.74) is 0.0845. The SMILES string of the molecule is CC.C[C@H](CC(=O)N1CC2CCCC2C1)OC1(C)CC1.O=CO. The summed E-state index contributed by atoms with van der Waals surface area (Å²) >= 11 is 0. The Bertz CT molecular complexity index is 369. The molecule has 2 unspecified atom stereocenters. The molecule has 0 aromatic heterocycles. The van der Waals surface area contributed by atoms with Crippen LogP contribution in [0.4, 0.5) is 0 Å². The van der Waals surface area contributed by atoms with Gasteiger partial charge in [0.1, 0.15) is 0 Å². The highest BCUT2D eigenvalue weighted by molar-refractivity contribution is 5.77. The highest BCUT2D eigenvalue weighted by Crippen LogP contribution is 2.40. The molecule has 3 rings (SSSR count). The molecule has 1 N–H and O–H groups in total. The Kier molecular flexibility index (Phi) is 8.03. The van der Waals surface area contributed by atoms with Crippen LogP contribution in [0.25, 0.3) is 0 Å². The number of rotatable bonds is 4. The Labute approximate surface area is 140 Å². The minimum atomic E-state index is -0.250. The van der Waals surface area contributed by atoms with Crippen molar-refractivity contribution in [3.8, 4) is 0 Å². The lowest BCUT2D eigenvalue weighted by molar-refractivity contribution is -0.134. The van der Waals surface area contributed by atoms with E-state index in [-0.39, 0.29) is 18.2 Å². The summed E-state index contributed by atoms with van der Waals surface area (Å²) in [5.74, 6) is 1.90. The maximum absolute atomic E-state index is 12.2. The number of fused-ring (bicyclic) bond motifs is 1. The molecule has 134 valence electrons. The molecule has 1 saturated heterocycles. The summed E-state index contributed by atoms with van der Waals surface area (Å²) in [6, 6.07) is 0. The van der Waals surface area contributed by atoms with Crippen LogP contribution in [-0.4, -0.2) is 47.2 Å². The summed E-state index contributed by atoms with van der Waals surface area (Å²) in [6.45, 7) is 9.95. The van der Waals surface area contributed by atoms with Gasteiger partial charge in [0.15, 0.2) is 0 Å². The van der Waals surface area contributed by atoms with Gasteiger partial charge in [-0.2, -0.15) is 0 Å². The molecule has 2 aliphatic carbocycles. The van der Waals surface area contributed by atoms with E-state index in [1.165, 1.54) is 19.3 Å². The summed E-state index contributed by atoms with van der Waals surface area (Å²) in [5, 5.41) is 6.89. The van der Waals surface area contributed by atoms with Gasteiger partial charge < -0.3 is 14.7 Å². The first-order chi connectivity index (χ1) is 11.0. The van der Waals surface area contributed by atoms with Crippen LogP contribution in [0.5, 0.6) is 0 Å². The molecule has 1 aliphatic heterocycles. The summed E-state index contributed by atoms with van der Waals surface area (Å²) < 4.78 is 5.93. The summed E-state index contributed by atoms with van der Waals surface area (Å²) in [6.07, 6.45) is 6.98. The smallest absolute Gasteiger partial charge is 0.290 e. The first-order valence-electron chi connectivity index (χ1n) is 9.01. The number of likely N-dealkylation sites (tertiary alicyclic amines) is 1. The van der Waals surface area contributed by atoms with Crippen molar-refractivity contribution in [3.05, 3.63) is 0 Å². The van der Waals surface area contributed by atoms with E-state index < -0.39 is 0 Å². The summed E-state index contributed by atoms with van der Waals surface area (Å²) in [4.78, 5) is 22.7. The molecule has 23 heavy (non-hydrogen) atoms. The molecule has 0 spiro atoms. The van der Waals surface area contributed by atoms with Crippen molar-refractivity contribution in [3.63, 3.8) is 0 Å². The van der Waals surface area contributed by atoms with E-state index in [0.29, 0.717) is 12.3 Å². The molecule has 1 heterocycles. The van der Waals surface area contributed by atoms with E-state index >= 15 is 0 Å². The molecule has 3 fully saturated rings. The van der Waals surface area contributed by atoms with E-state index in [0.717, 1.165) is 37.8 Å². The lowest BCUT2D eigenvalue weighted by Crippen LogP contribution is -2.33. The fourth-order valence-corrected chi connectivity index (χ4v) is 3.63. The standard InChI is InChI=1S/C15H25NO2.C2H6.CH2O2/c1-11(18-15(2)6-7-15)8-14(17)16-9-12-4-3-5-13(12)10-16;1-2;2-1-3/h11-13H,3-10H2,1-2H3;1-2H3;1H,(H,2,3)/t11-,12?,13?;;/m1../s1. The first kappa shape index (κ1) is 19.9. The van der Waals surface area contributed by atoms with Crippen molar-refractivity contribution < 1.29 is 19.4 Å². The number of nitrogens with zero attached hydrogens (tertiary/aromatic N) is 1. The third kappa shape index (κ3) is 6.13. The van der Waals surface area contributed by atoms with Gasteiger partial charge in [-0.3, -0.25) is 9.59 Å². The maximum atomic E-state index is 12.2. The fourth-order valence-electron chi connectivity index (χ4n) is 3.63. The second-order valence-corrected chi connectivity index (χ2v) is 6.94. The summed E-state index contributed by atoms with van der Waals surface area (Å²) in [7, 11) is 0. The second-order valence-electron chi connectivity index (χ2n) is 6.94. The van der Waals surface area contributed by atoms with Crippen LogP contribution in [0.15, 0.2) is 0 Å². The van der Waals surface area contributed by atoms with E-state index in [4.69, 9.17) is 14.6 Å². The minimum Gasteiger partial charge on any atom is -0.483 e. The zero-order chi connectivity index (χ0) is 17.5. The molecule has 5 nitrogen and oxygen atoms in total. The van der Waals surface area contributed by atoms with Crippen molar-refractivity contribution in [1.82, 2.24) is 4.90 Å². The number of ether oxygens (including phenoxy) is 1. The molecule has 0 aromatic carbocycles. The van der Waals surface area contributed by atoms with Crippen LogP contribution in [-0.2, 0) is 14.3 Å². The number of carbonyl (C=O) groups excluding carboxylic acids is 1. The van der Waals surface area contributed by atoms with E-state index in [9.17, 15) is 4.79 Å². The molecule has 3 aliphatic rings. The van der Waals surface area contributed by atoms with E-state index in [1.54, 1.807) is 0 Å². The van der Waals surface area contributed by atoms with Crippen molar-refractivity contribution in [2.24, 2.45) is 11.8 Å². The minimum absolute atomic E-state index is 0.0745. The van der Waals surface area contributed by atoms with Crippen molar-refractivity contribution >= 4 is 12.4 Å². The van der Waals surface area contributed by atoms with Gasteiger partial charge in [-0.05, 0) is 51.4 Å². The lowest BCUT2D eigenvalue weighted by Gasteiger charge is -2.22. The van der Waals surface area contributed by atoms with Gasteiger partial charge in [0.05, 0.1) is 18.1 Å². The number of carbonyl (C=O) groups is 2. The highest BCUT2D eigenvalue weighted by atomic mass is 16.5. The molecular formula is C18H33NO4. The van der Waals surface area contributed by atoms with Gasteiger partial charge in [0.25, 0.3) is 6.47 Å². The van der Waals surface area contributed by atoms with E-state index in [2.05, 4.69) is 11.8 Å². The van der Waals surface area contributed by atoms with Gasteiger partial charge in [-0.25, -0.2) is 0 Å². The molecular weight excluding hydrogens is 294 g/mol. The van der Waals surface area contributed by atoms with Crippen LogP contribution < -0.4 is 0 Å². The maximum Gasteiger partial charge on any atom is 0.290 e. The molecule has 0 bridgehead atoms. The quantitative estimate of drug-likeness (QED) is 0.804. The highest BCUT2D eigenvalue weighted by Gasteiger charge is 2.41. The Balaban J connectivity index is 0.000000477. The Hall–Kier alpha value is -1.10. The normalized spacial score (nSPS) is 27.7. The third-order valence-electron chi connectivity index (χ3n) is 4.98. The van der Waals surface area contributed by atoms with Crippen LogP contribution >= 0.6 is 0 Å². The van der Waals surface area contributed by atoms with Gasteiger partial charge >= 0.3 is 0 Å². The molecule has 2 saturated carbocycles.